The van der Waals surface area contributed by atoms with Crippen molar-refractivity contribution in [3.05, 3.63) is 42.0 Å². The van der Waals surface area contributed by atoms with Gasteiger partial charge in [0.05, 0.1) is 23.7 Å². The van der Waals surface area contributed by atoms with E-state index in [1.54, 1.807) is 16.7 Å². The topological polar surface area (TPSA) is 97.1 Å². The van der Waals surface area contributed by atoms with Gasteiger partial charge in [0.1, 0.15) is 0 Å². The Morgan fingerprint density at radius 2 is 2.25 bits per heavy atom. The molecule has 20 heavy (non-hydrogen) atoms. The van der Waals surface area contributed by atoms with Crippen LogP contribution in [0.2, 0.25) is 0 Å². The van der Waals surface area contributed by atoms with Gasteiger partial charge in [-0.05, 0) is 25.1 Å². The smallest absolute Gasteiger partial charge is 0.242 e. The monoisotopic (exact) mass is 296 g/mol. The van der Waals surface area contributed by atoms with Crippen LogP contribution in [-0.4, -0.2) is 28.3 Å². The Morgan fingerprint density at radius 3 is 2.80 bits per heavy atom. The minimum atomic E-state index is -3.63. The summed E-state index contributed by atoms with van der Waals surface area (Å²) >= 11 is 0. The van der Waals surface area contributed by atoms with Crippen molar-refractivity contribution in [2.45, 2.75) is 31.5 Å². The average molecular weight is 296 g/mol. The van der Waals surface area contributed by atoms with Crippen LogP contribution in [0.1, 0.15) is 18.3 Å². The summed E-state index contributed by atoms with van der Waals surface area (Å²) in [6.45, 7) is 2.34. The minimum Gasteiger partial charge on any atom is -0.390 e. The van der Waals surface area contributed by atoms with Crippen LogP contribution in [-0.2, 0) is 29.7 Å². The molecule has 0 saturated heterocycles. The summed E-state index contributed by atoms with van der Waals surface area (Å²) in [6, 6.07) is 4.84. The van der Waals surface area contributed by atoms with Crippen LogP contribution in [0.4, 0.5) is 0 Å². The van der Waals surface area contributed by atoms with E-state index >= 15 is 0 Å². The van der Waals surface area contributed by atoms with Gasteiger partial charge in [0.15, 0.2) is 0 Å². The summed E-state index contributed by atoms with van der Waals surface area (Å²) < 4.78 is 28.4. The van der Waals surface area contributed by atoms with Crippen molar-refractivity contribution in [3.8, 4) is 0 Å². The third-order valence-electron chi connectivity index (χ3n) is 2.84. The Hall–Kier alpha value is -1.77. The van der Waals surface area contributed by atoms with Crippen LogP contribution in [0.5, 0.6) is 0 Å². The molecule has 0 spiro atoms. The van der Waals surface area contributed by atoms with E-state index in [2.05, 4.69) is 14.9 Å². The highest BCUT2D eigenvalue weighted by molar-refractivity contribution is 7.89. The van der Waals surface area contributed by atoms with Gasteiger partial charge in [-0.3, -0.25) is 0 Å². The Labute approximate surface area is 117 Å². The minimum absolute atomic E-state index is 0.0714. The third-order valence-corrected chi connectivity index (χ3v) is 4.21. The molecule has 0 amide bonds. The van der Waals surface area contributed by atoms with Gasteiger partial charge in [-0.2, -0.15) is 10.2 Å². The second-order valence-corrected chi connectivity index (χ2v) is 5.92. The number of hydrogen-bond acceptors (Lipinski definition) is 5. The zero-order chi connectivity index (χ0) is 14.6. The standard InChI is InChI=1S/C12H16N4O3S/c1-2-16-8-12(6-11(16)9-17)20(18,19)14-7-10-4-3-5-13-15-10/h3-6,8,14,17H,2,7,9H2,1H3. The predicted octanol–water partition coefficient (Wildman–Crippen LogP) is 0.269. The molecule has 0 saturated carbocycles. The fourth-order valence-electron chi connectivity index (χ4n) is 1.78. The number of aliphatic hydroxyl groups excluding tert-OH is 1. The van der Waals surface area contributed by atoms with Crippen molar-refractivity contribution < 1.29 is 13.5 Å². The van der Waals surface area contributed by atoms with Crippen molar-refractivity contribution in [1.82, 2.24) is 19.5 Å². The van der Waals surface area contributed by atoms with Crippen LogP contribution in [0.25, 0.3) is 0 Å². The van der Waals surface area contributed by atoms with E-state index in [1.807, 2.05) is 6.92 Å². The second-order valence-electron chi connectivity index (χ2n) is 4.15. The third kappa shape index (κ3) is 3.21. The average Bonchev–Trinajstić information content (AvgIpc) is 2.90. The zero-order valence-corrected chi connectivity index (χ0v) is 11.8. The molecular formula is C12H16N4O3S. The molecule has 2 rings (SSSR count). The summed E-state index contributed by atoms with van der Waals surface area (Å²) in [7, 11) is -3.63. The van der Waals surface area contributed by atoms with Crippen molar-refractivity contribution in [3.63, 3.8) is 0 Å². The van der Waals surface area contributed by atoms with E-state index in [-0.39, 0.29) is 18.0 Å². The maximum Gasteiger partial charge on any atom is 0.242 e. The first-order valence-electron chi connectivity index (χ1n) is 6.13. The lowest BCUT2D eigenvalue weighted by Gasteiger charge is -2.03. The number of aliphatic hydroxyl groups is 1. The van der Waals surface area contributed by atoms with Gasteiger partial charge in [0, 0.05) is 24.6 Å². The predicted molar refractivity (Wildman–Crippen MR) is 72.1 cm³/mol. The SMILES string of the molecule is CCn1cc(S(=O)(=O)NCc2cccnn2)cc1CO. The molecule has 2 aromatic rings. The zero-order valence-electron chi connectivity index (χ0n) is 11.0. The van der Waals surface area contributed by atoms with Gasteiger partial charge in [-0.15, -0.1) is 0 Å². The quantitative estimate of drug-likeness (QED) is 0.797. The second kappa shape index (κ2) is 6.12. The van der Waals surface area contributed by atoms with Crippen LogP contribution in [0, 0.1) is 0 Å². The molecule has 2 N–H and O–H groups in total. The molecule has 2 heterocycles. The molecule has 0 aliphatic heterocycles. The lowest BCUT2D eigenvalue weighted by atomic mass is 10.4. The van der Waals surface area contributed by atoms with Crippen LogP contribution < -0.4 is 4.72 Å². The van der Waals surface area contributed by atoms with Gasteiger partial charge < -0.3 is 9.67 Å². The number of nitrogens with zero attached hydrogens (tertiary/aromatic N) is 3. The molecule has 0 aliphatic carbocycles. The summed E-state index contributed by atoms with van der Waals surface area (Å²) in [5.41, 5.74) is 1.10. The van der Waals surface area contributed by atoms with Crippen molar-refractivity contribution in [2.24, 2.45) is 0 Å². The summed E-state index contributed by atoms with van der Waals surface area (Å²) in [4.78, 5) is 0.132. The van der Waals surface area contributed by atoms with E-state index in [1.165, 1.54) is 18.5 Å². The van der Waals surface area contributed by atoms with Crippen molar-refractivity contribution >= 4 is 10.0 Å². The van der Waals surface area contributed by atoms with Gasteiger partial charge in [-0.25, -0.2) is 13.1 Å². The van der Waals surface area contributed by atoms with Crippen LogP contribution >= 0.6 is 0 Å². The highest BCUT2D eigenvalue weighted by Gasteiger charge is 2.17. The van der Waals surface area contributed by atoms with Gasteiger partial charge in [0.2, 0.25) is 10.0 Å². The van der Waals surface area contributed by atoms with E-state index in [9.17, 15) is 13.5 Å². The molecular weight excluding hydrogens is 280 g/mol. The molecule has 0 bridgehead atoms. The summed E-state index contributed by atoms with van der Waals surface area (Å²) in [6.07, 6.45) is 3.03. The van der Waals surface area contributed by atoms with E-state index in [4.69, 9.17) is 0 Å². The van der Waals surface area contributed by atoms with Crippen LogP contribution in [0.15, 0.2) is 35.5 Å². The van der Waals surface area contributed by atoms with Gasteiger partial charge >= 0.3 is 0 Å². The highest BCUT2D eigenvalue weighted by atomic mass is 32.2. The van der Waals surface area contributed by atoms with Crippen molar-refractivity contribution in [2.75, 3.05) is 0 Å². The Kier molecular flexibility index (Phi) is 4.48. The molecule has 0 radical (unpaired) electrons. The van der Waals surface area contributed by atoms with E-state index < -0.39 is 10.0 Å². The normalized spacial score (nSPS) is 11.7. The fraction of sp³-hybridized carbons (Fsp3) is 0.333. The van der Waals surface area contributed by atoms with Crippen molar-refractivity contribution in [1.29, 1.82) is 0 Å². The number of aryl methyl sites for hydroxylation is 1. The maximum atomic E-state index is 12.1. The largest absolute Gasteiger partial charge is 0.390 e. The first-order chi connectivity index (χ1) is 9.56. The number of aromatic nitrogens is 3. The fourth-order valence-corrected chi connectivity index (χ4v) is 2.84. The highest BCUT2D eigenvalue weighted by Crippen LogP contribution is 2.14. The Balaban J connectivity index is 2.16. The Bertz CT molecular complexity index is 646. The number of hydrogen-bond donors (Lipinski definition) is 2. The molecule has 0 atom stereocenters. The van der Waals surface area contributed by atoms with E-state index in [0.29, 0.717) is 17.9 Å². The summed E-state index contributed by atoms with van der Waals surface area (Å²) in [5.74, 6) is 0. The lowest BCUT2D eigenvalue weighted by Crippen LogP contribution is -2.23. The molecule has 108 valence electrons. The number of sulfonamides is 1. The Morgan fingerprint density at radius 1 is 1.45 bits per heavy atom. The molecule has 8 heteroatoms. The lowest BCUT2D eigenvalue weighted by molar-refractivity contribution is 0.271. The summed E-state index contributed by atoms with van der Waals surface area (Å²) in [5, 5.41) is 16.7. The number of nitrogens with one attached hydrogen (secondary N) is 1. The molecule has 0 aromatic carbocycles. The molecule has 0 fully saturated rings. The molecule has 0 aliphatic rings. The van der Waals surface area contributed by atoms with Crippen LogP contribution in [0.3, 0.4) is 0 Å². The van der Waals surface area contributed by atoms with E-state index in [0.717, 1.165) is 0 Å². The maximum absolute atomic E-state index is 12.1. The molecule has 2 aromatic heterocycles. The van der Waals surface area contributed by atoms with Gasteiger partial charge in [-0.1, -0.05) is 0 Å². The molecule has 0 unspecified atom stereocenters. The van der Waals surface area contributed by atoms with Gasteiger partial charge in [0.25, 0.3) is 0 Å². The first kappa shape index (κ1) is 14.6. The first-order valence-corrected chi connectivity index (χ1v) is 7.61. The number of rotatable bonds is 6. The molecule has 7 nitrogen and oxygen atoms in total.